The highest BCUT2D eigenvalue weighted by Crippen LogP contribution is 2.13. The van der Waals surface area contributed by atoms with Crippen molar-refractivity contribution in [1.82, 2.24) is 5.32 Å². The summed E-state index contributed by atoms with van der Waals surface area (Å²) >= 11 is 0. The fraction of sp³-hybridized carbons (Fsp3) is 0.909. The summed E-state index contributed by atoms with van der Waals surface area (Å²) < 4.78 is 0. The van der Waals surface area contributed by atoms with Crippen LogP contribution in [0.1, 0.15) is 40.0 Å². The van der Waals surface area contributed by atoms with Crippen molar-refractivity contribution in [3.63, 3.8) is 0 Å². The minimum absolute atomic E-state index is 0.159. The second kappa shape index (κ2) is 7.80. The molecule has 0 aliphatic rings. The summed E-state index contributed by atoms with van der Waals surface area (Å²) in [4.78, 5) is 11.4. The molecule has 0 aliphatic heterocycles. The van der Waals surface area contributed by atoms with Gasteiger partial charge in [0, 0.05) is 13.0 Å². The molecule has 1 amide bonds. The summed E-state index contributed by atoms with van der Waals surface area (Å²) in [5.41, 5.74) is 5.33. The van der Waals surface area contributed by atoms with Crippen molar-refractivity contribution in [2.24, 2.45) is 17.6 Å². The number of rotatable bonds is 7. The quantitative estimate of drug-likeness (QED) is 0.612. The molecule has 0 aromatic heterocycles. The fourth-order valence-electron chi connectivity index (χ4n) is 1.61. The number of nitrogens with two attached hydrogens (primary N) is 1. The van der Waals surface area contributed by atoms with Gasteiger partial charge in [-0.15, -0.1) is 0 Å². The van der Waals surface area contributed by atoms with Crippen molar-refractivity contribution in [2.75, 3.05) is 13.1 Å². The van der Waals surface area contributed by atoms with Gasteiger partial charge >= 0.3 is 0 Å². The molecule has 14 heavy (non-hydrogen) atoms. The van der Waals surface area contributed by atoms with Crippen LogP contribution in [-0.2, 0) is 4.79 Å². The van der Waals surface area contributed by atoms with E-state index in [9.17, 15) is 4.79 Å². The van der Waals surface area contributed by atoms with Crippen LogP contribution >= 0.6 is 0 Å². The molecule has 0 saturated heterocycles. The molecule has 0 radical (unpaired) electrons. The Kier molecular flexibility index (Phi) is 7.48. The van der Waals surface area contributed by atoms with E-state index < -0.39 is 0 Å². The average Bonchev–Trinajstić information content (AvgIpc) is 2.02. The van der Waals surface area contributed by atoms with Gasteiger partial charge in [0.15, 0.2) is 0 Å². The Morgan fingerprint density at radius 1 is 1.36 bits per heavy atom. The van der Waals surface area contributed by atoms with Gasteiger partial charge in [0.2, 0.25) is 5.91 Å². The molecule has 0 aromatic rings. The molecular formula is C11H24N2O. The molecule has 3 N–H and O–H groups in total. The summed E-state index contributed by atoms with van der Waals surface area (Å²) in [5.74, 6) is 1.31. The van der Waals surface area contributed by atoms with Crippen LogP contribution in [0.3, 0.4) is 0 Å². The highest BCUT2D eigenvalue weighted by atomic mass is 16.1. The van der Waals surface area contributed by atoms with E-state index in [0.717, 1.165) is 12.8 Å². The van der Waals surface area contributed by atoms with Crippen LogP contribution in [0.15, 0.2) is 0 Å². The molecule has 0 fully saturated rings. The fourth-order valence-corrected chi connectivity index (χ4v) is 1.61. The third kappa shape index (κ3) is 8.05. The van der Waals surface area contributed by atoms with E-state index >= 15 is 0 Å². The van der Waals surface area contributed by atoms with Gasteiger partial charge in [0.05, 0.1) is 0 Å². The van der Waals surface area contributed by atoms with Gasteiger partial charge in [-0.3, -0.25) is 4.79 Å². The van der Waals surface area contributed by atoms with Crippen molar-refractivity contribution in [3.05, 3.63) is 0 Å². The van der Waals surface area contributed by atoms with Gasteiger partial charge in [0.1, 0.15) is 0 Å². The molecule has 0 rings (SSSR count). The van der Waals surface area contributed by atoms with E-state index in [1.165, 1.54) is 0 Å². The predicted octanol–water partition coefficient (Wildman–Crippen LogP) is 1.52. The van der Waals surface area contributed by atoms with Crippen LogP contribution in [0, 0.1) is 11.8 Å². The number of hydrogen-bond donors (Lipinski definition) is 2. The maximum Gasteiger partial charge on any atom is 0.220 e. The van der Waals surface area contributed by atoms with Crippen molar-refractivity contribution in [3.8, 4) is 0 Å². The van der Waals surface area contributed by atoms with Crippen molar-refractivity contribution in [2.45, 2.75) is 40.0 Å². The summed E-state index contributed by atoms with van der Waals surface area (Å²) in [6.07, 6.45) is 2.62. The minimum Gasteiger partial charge on any atom is -0.356 e. The van der Waals surface area contributed by atoms with Crippen LogP contribution in [0.2, 0.25) is 0 Å². The van der Waals surface area contributed by atoms with E-state index in [0.29, 0.717) is 31.3 Å². The predicted molar refractivity (Wildman–Crippen MR) is 59.9 cm³/mol. The maximum atomic E-state index is 11.4. The third-order valence-electron chi connectivity index (χ3n) is 2.11. The SMILES string of the molecule is CC(C)CC(C)CC(=O)NCCCN. The van der Waals surface area contributed by atoms with E-state index in [-0.39, 0.29) is 5.91 Å². The first-order chi connectivity index (χ1) is 6.56. The van der Waals surface area contributed by atoms with Gasteiger partial charge in [0.25, 0.3) is 0 Å². The molecule has 0 heterocycles. The summed E-state index contributed by atoms with van der Waals surface area (Å²) in [5, 5.41) is 2.87. The zero-order valence-corrected chi connectivity index (χ0v) is 9.68. The summed E-state index contributed by atoms with van der Waals surface area (Å²) in [7, 11) is 0. The summed E-state index contributed by atoms with van der Waals surface area (Å²) in [6.45, 7) is 7.85. The molecule has 84 valence electrons. The number of amides is 1. The molecule has 0 saturated carbocycles. The van der Waals surface area contributed by atoms with Crippen LogP contribution < -0.4 is 11.1 Å². The Morgan fingerprint density at radius 2 is 2.00 bits per heavy atom. The summed E-state index contributed by atoms with van der Waals surface area (Å²) in [6, 6.07) is 0. The molecular weight excluding hydrogens is 176 g/mol. The normalized spacial score (nSPS) is 12.9. The Morgan fingerprint density at radius 3 is 2.50 bits per heavy atom. The molecule has 0 aromatic carbocycles. The highest BCUT2D eigenvalue weighted by Gasteiger charge is 2.09. The molecule has 1 atom stereocenters. The van der Waals surface area contributed by atoms with Gasteiger partial charge in [-0.25, -0.2) is 0 Å². The lowest BCUT2D eigenvalue weighted by Gasteiger charge is -2.13. The number of nitrogens with one attached hydrogen (secondary N) is 1. The zero-order valence-electron chi connectivity index (χ0n) is 9.68. The van der Waals surface area contributed by atoms with Gasteiger partial charge < -0.3 is 11.1 Å². The first-order valence-electron chi connectivity index (χ1n) is 5.53. The average molecular weight is 200 g/mol. The minimum atomic E-state index is 0.159. The lowest BCUT2D eigenvalue weighted by molar-refractivity contribution is -0.121. The maximum absolute atomic E-state index is 11.4. The molecule has 0 aliphatic carbocycles. The monoisotopic (exact) mass is 200 g/mol. The molecule has 3 nitrogen and oxygen atoms in total. The van der Waals surface area contributed by atoms with Crippen molar-refractivity contribution in [1.29, 1.82) is 0 Å². The number of carbonyl (C=O) groups is 1. The number of hydrogen-bond acceptors (Lipinski definition) is 2. The first-order valence-corrected chi connectivity index (χ1v) is 5.53. The van der Waals surface area contributed by atoms with Crippen LogP contribution in [0.5, 0.6) is 0 Å². The Balaban J connectivity index is 3.50. The lowest BCUT2D eigenvalue weighted by atomic mass is 9.96. The van der Waals surface area contributed by atoms with Gasteiger partial charge in [-0.1, -0.05) is 20.8 Å². The lowest BCUT2D eigenvalue weighted by Crippen LogP contribution is -2.27. The molecule has 1 unspecified atom stereocenters. The van der Waals surface area contributed by atoms with Crippen LogP contribution in [0.4, 0.5) is 0 Å². The van der Waals surface area contributed by atoms with E-state index in [1.54, 1.807) is 0 Å². The zero-order chi connectivity index (χ0) is 11.0. The van der Waals surface area contributed by atoms with Gasteiger partial charge in [-0.05, 0) is 31.2 Å². The van der Waals surface area contributed by atoms with Crippen molar-refractivity contribution < 1.29 is 4.79 Å². The highest BCUT2D eigenvalue weighted by molar-refractivity contribution is 5.76. The Labute approximate surface area is 87.4 Å². The number of carbonyl (C=O) groups excluding carboxylic acids is 1. The molecule has 0 bridgehead atoms. The topological polar surface area (TPSA) is 55.1 Å². The Hall–Kier alpha value is -0.570. The standard InChI is InChI=1S/C11H24N2O/c1-9(2)7-10(3)8-11(14)13-6-4-5-12/h9-10H,4-8,12H2,1-3H3,(H,13,14). The second-order valence-corrected chi connectivity index (χ2v) is 4.43. The molecule has 0 spiro atoms. The first kappa shape index (κ1) is 13.4. The van der Waals surface area contributed by atoms with E-state index in [1.807, 2.05) is 0 Å². The Bertz CT molecular complexity index is 157. The second-order valence-electron chi connectivity index (χ2n) is 4.43. The van der Waals surface area contributed by atoms with Gasteiger partial charge in [-0.2, -0.15) is 0 Å². The van der Waals surface area contributed by atoms with E-state index in [2.05, 4.69) is 26.1 Å². The molecule has 3 heteroatoms. The smallest absolute Gasteiger partial charge is 0.220 e. The third-order valence-corrected chi connectivity index (χ3v) is 2.11. The van der Waals surface area contributed by atoms with Crippen LogP contribution in [-0.4, -0.2) is 19.0 Å². The largest absolute Gasteiger partial charge is 0.356 e. The van der Waals surface area contributed by atoms with Crippen molar-refractivity contribution >= 4 is 5.91 Å². The van der Waals surface area contributed by atoms with E-state index in [4.69, 9.17) is 5.73 Å². The van der Waals surface area contributed by atoms with Crippen LogP contribution in [0.25, 0.3) is 0 Å².